The summed E-state index contributed by atoms with van der Waals surface area (Å²) in [4.78, 5) is 11.1. The molecule has 0 aliphatic rings. The fourth-order valence-electron chi connectivity index (χ4n) is 1.16. The van der Waals surface area contributed by atoms with Crippen LogP contribution in [0.2, 0.25) is 0 Å². The monoisotopic (exact) mass is 193 g/mol. The minimum atomic E-state index is -0.332. The topological polar surface area (TPSA) is 67.2 Å². The molecule has 0 heterocycles. The summed E-state index contributed by atoms with van der Waals surface area (Å²) in [6.07, 6.45) is 0. The van der Waals surface area contributed by atoms with Crippen LogP contribution in [0.4, 0.5) is 5.69 Å². The van der Waals surface area contributed by atoms with Crippen molar-refractivity contribution in [1.82, 2.24) is 5.43 Å². The minimum absolute atomic E-state index is 0.228. The van der Waals surface area contributed by atoms with Gasteiger partial charge in [0.1, 0.15) is 6.04 Å². The summed E-state index contributed by atoms with van der Waals surface area (Å²) in [6.45, 7) is 3.74. The number of carbonyl (C=O) groups is 1. The predicted octanol–water partition coefficient (Wildman–Crippen LogP) is 0.785. The standard InChI is InChI=1S/C10H15N3O/c1-7-5-3-4-6-9(7)12-8(2)10(14)13-11/h3-6,8,12H,11H2,1-2H3,(H,13,14)/t8-/m1/s1. The van der Waals surface area contributed by atoms with E-state index in [9.17, 15) is 4.79 Å². The largest absolute Gasteiger partial charge is 0.374 e. The summed E-state index contributed by atoms with van der Waals surface area (Å²) in [5.41, 5.74) is 4.15. The third kappa shape index (κ3) is 2.47. The second-order valence-electron chi connectivity index (χ2n) is 3.19. The molecule has 1 aromatic rings. The lowest BCUT2D eigenvalue weighted by Crippen LogP contribution is -2.41. The molecule has 0 bridgehead atoms. The minimum Gasteiger partial charge on any atom is -0.374 e. The molecular weight excluding hydrogens is 178 g/mol. The first-order chi connectivity index (χ1) is 6.65. The number of anilines is 1. The number of benzene rings is 1. The summed E-state index contributed by atoms with van der Waals surface area (Å²) < 4.78 is 0. The number of hydrazine groups is 1. The number of nitrogens with one attached hydrogen (secondary N) is 2. The highest BCUT2D eigenvalue weighted by Gasteiger charge is 2.10. The normalized spacial score (nSPS) is 11.9. The van der Waals surface area contributed by atoms with Crippen molar-refractivity contribution in [2.24, 2.45) is 5.84 Å². The number of amides is 1. The molecule has 1 rings (SSSR count). The van der Waals surface area contributed by atoms with Gasteiger partial charge in [0.15, 0.2) is 0 Å². The summed E-state index contributed by atoms with van der Waals surface area (Å²) in [5, 5.41) is 3.07. The third-order valence-corrected chi connectivity index (χ3v) is 2.05. The van der Waals surface area contributed by atoms with E-state index in [0.717, 1.165) is 11.3 Å². The molecule has 0 aromatic heterocycles. The van der Waals surface area contributed by atoms with E-state index < -0.39 is 0 Å². The fraction of sp³-hybridized carbons (Fsp3) is 0.300. The van der Waals surface area contributed by atoms with Crippen LogP contribution in [0.3, 0.4) is 0 Å². The number of rotatable bonds is 3. The van der Waals surface area contributed by atoms with Crippen LogP contribution < -0.4 is 16.6 Å². The van der Waals surface area contributed by atoms with E-state index in [0.29, 0.717) is 0 Å². The van der Waals surface area contributed by atoms with Crippen molar-refractivity contribution in [1.29, 1.82) is 0 Å². The van der Waals surface area contributed by atoms with Gasteiger partial charge in [-0.1, -0.05) is 18.2 Å². The Bertz CT molecular complexity index is 325. The Morgan fingerprint density at radius 1 is 1.43 bits per heavy atom. The van der Waals surface area contributed by atoms with Crippen LogP contribution in [-0.4, -0.2) is 11.9 Å². The smallest absolute Gasteiger partial charge is 0.256 e. The zero-order chi connectivity index (χ0) is 10.6. The van der Waals surface area contributed by atoms with Crippen molar-refractivity contribution >= 4 is 11.6 Å². The molecule has 0 aliphatic carbocycles. The zero-order valence-electron chi connectivity index (χ0n) is 8.37. The molecular formula is C10H15N3O. The van der Waals surface area contributed by atoms with Gasteiger partial charge in [-0.3, -0.25) is 10.2 Å². The van der Waals surface area contributed by atoms with Crippen molar-refractivity contribution in [3.63, 3.8) is 0 Å². The SMILES string of the molecule is Cc1ccccc1N[C@H](C)C(=O)NN. The number of hydrogen-bond donors (Lipinski definition) is 3. The molecule has 1 aromatic carbocycles. The lowest BCUT2D eigenvalue weighted by molar-refractivity contribution is -0.121. The molecule has 1 amide bonds. The molecule has 14 heavy (non-hydrogen) atoms. The predicted molar refractivity (Wildman–Crippen MR) is 56.6 cm³/mol. The van der Waals surface area contributed by atoms with E-state index in [4.69, 9.17) is 5.84 Å². The Labute approximate surface area is 83.5 Å². The van der Waals surface area contributed by atoms with Gasteiger partial charge in [-0.2, -0.15) is 0 Å². The first kappa shape index (κ1) is 10.5. The quantitative estimate of drug-likeness (QED) is 0.377. The van der Waals surface area contributed by atoms with Crippen molar-refractivity contribution < 1.29 is 4.79 Å². The maximum atomic E-state index is 11.1. The highest BCUT2D eigenvalue weighted by atomic mass is 16.2. The lowest BCUT2D eigenvalue weighted by Gasteiger charge is -2.14. The average molecular weight is 193 g/mol. The van der Waals surface area contributed by atoms with Crippen LogP contribution in [0.15, 0.2) is 24.3 Å². The van der Waals surface area contributed by atoms with Crippen LogP contribution in [0.5, 0.6) is 0 Å². The highest BCUT2D eigenvalue weighted by Crippen LogP contribution is 2.13. The van der Waals surface area contributed by atoms with Crippen LogP contribution in [-0.2, 0) is 4.79 Å². The van der Waals surface area contributed by atoms with Gasteiger partial charge in [-0.25, -0.2) is 5.84 Å². The Kier molecular flexibility index (Phi) is 3.48. The van der Waals surface area contributed by atoms with E-state index in [1.165, 1.54) is 0 Å². The average Bonchev–Trinajstić information content (AvgIpc) is 2.20. The van der Waals surface area contributed by atoms with E-state index in [-0.39, 0.29) is 11.9 Å². The maximum absolute atomic E-state index is 11.1. The molecule has 4 nitrogen and oxygen atoms in total. The van der Waals surface area contributed by atoms with Gasteiger partial charge >= 0.3 is 0 Å². The molecule has 0 saturated heterocycles. The molecule has 0 fully saturated rings. The van der Waals surface area contributed by atoms with Crippen molar-refractivity contribution in [2.45, 2.75) is 19.9 Å². The van der Waals surface area contributed by atoms with Gasteiger partial charge in [-0.15, -0.1) is 0 Å². The molecule has 0 spiro atoms. The Morgan fingerprint density at radius 2 is 2.07 bits per heavy atom. The number of aryl methyl sites for hydroxylation is 1. The van der Waals surface area contributed by atoms with Crippen molar-refractivity contribution in [2.75, 3.05) is 5.32 Å². The van der Waals surface area contributed by atoms with Crippen molar-refractivity contribution in [3.8, 4) is 0 Å². The number of hydrogen-bond acceptors (Lipinski definition) is 3. The van der Waals surface area contributed by atoms with Crippen LogP contribution in [0.25, 0.3) is 0 Å². The Balaban J connectivity index is 2.69. The summed E-state index contributed by atoms with van der Waals surface area (Å²) >= 11 is 0. The van der Waals surface area contributed by atoms with Gasteiger partial charge in [0, 0.05) is 5.69 Å². The highest BCUT2D eigenvalue weighted by molar-refractivity contribution is 5.83. The number of carbonyl (C=O) groups excluding carboxylic acids is 1. The van der Waals surface area contributed by atoms with Gasteiger partial charge in [-0.05, 0) is 25.5 Å². The van der Waals surface area contributed by atoms with Crippen molar-refractivity contribution in [3.05, 3.63) is 29.8 Å². The third-order valence-electron chi connectivity index (χ3n) is 2.05. The fourth-order valence-corrected chi connectivity index (χ4v) is 1.16. The first-order valence-corrected chi connectivity index (χ1v) is 4.47. The molecule has 1 atom stereocenters. The van der Waals surface area contributed by atoms with E-state index in [2.05, 4.69) is 10.7 Å². The molecule has 0 saturated carbocycles. The van der Waals surface area contributed by atoms with Crippen LogP contribution in [0.1, 0.15) is 12.5 Å². The van der Waals surface area contributed by atoms with E-state index >= 15 is 0 Å². The number of para-hydroxylation sites is 1. The Hall–Kier alpha value is -1.55. The molecule has 76 valence electrons. The van der Waals surface area contributed by atoms with E-state index in [1.54, 1.807) is 6.92 Å². The van der Waals surface area contributed by atoms with Gasteiger partial charge < -0.3 is 5.32 Å². The molecule has 0 unspecified atom stereocenters. The summed E-state index contributed by atoms with van der Waals surface area (Å²) in [6, 6.07) is 7.45. The second-order valence-corrected chi connectivity index (χ2v) is 3.19. The zero-order valence-corrected chi connectivity index (χ0v) is 8.37. The van der Waals surface area contributed by atoms with Gasteiger partial charge in [0.25, 0.3) is 5.91 Å². The Morgan fingerprint density at radius 3 is 2.64 bits per heavy atom. The molecule has 0 aliphatic heterocycles. The maximum Gasteiger partial charge on any atom is 0.256 e. The van der Waals surface area contributed by atoms with E-state index in [1.807, 2.05) is 31.2 Å². The van der Waals surface area contributed by atoms with Gasteiger partial charge in [0.05, 0.1) is 0 Å². The van der Waals surface area contributed by atoms with Gasteiger partial charge in [0.2, 0.25) is 0 Å². The first-order valence-electron chi connectivity index (χ1n) is 4.47. The van der Waals surface area contributed by atoms with Crippen LogP contribution >= 0.6 is 0 Å². The summed E-state index contributed by atoms with van der Waals surface area (Å²) in [5.74, 6) is 4.80. The second kappa shape index (κ2) is 4.62. The molecule has 4 heteroatoms. The summed E-state index contributed by atoms with van der Waals surface area (Å²) in [7, 11) is 0. The molecule has 0 radical (unpaired) electrons. The molecule has 4 N–H and O–H groups in total. The lowest BCUT2D eigenvalue weighted by atomic mass is 10.2. The van der Waals surface area contributed by atoms with Crippen LogP contribution in [0, 0.1) is 6.92 Å². The number of nitrogens with two attached hydrogens (primary N) is 1.